The van der Waals surface area contributed by atoms with Gasteiger partial charge in [0.2, 0.25) is 12.7 Å². The Hall–Kier alpha value is -2.79. The number of allylic oxidation sites excluding steroid dienone is 2. The summed E-state index contributed by atoms with van der Waals surface area (Å²) in [4.78, 5) is 28.0. The van der Waals surface area contributed by atoms with Crippen LogP contribution in [0.2, 0.25) is 5.02 Å². The van der Waals surface area contributed by atoms with Crippen LogP contribution in [0.25, 0.3) is 0 Å². The maximum atomic E-state index is 13.3. The summed E-state index contributed by atoms with van der Waals surface area (Å²) in [5.74, 6) is 1.18. The Balaban J connectivity index is 1.65. The van der Waals surface area contributed by atoms with Crippen LogP contribution in [-0.2, 0) is 9.59 Å². The number of Topliss-reactive ketones (excluding diaryl/α,β-unsaturated/α-hetero) is 1. The van der Waals surface area contributed by atoms with E-state index in [1.165, 1.54) is 0 Å². The highest BCUT2D eigenvalue weighted by Gasteiger charge is 2.40. The number of fused-ring (bicyclic) bond motifs is 1. The predicted molar refractivity (Wildman–Crippen MR) is 109 cm³/mol. The fraction of sp³-hybridized carbons (Fsp3) is 0.304. The summed E-state index contributed by atoms with van der Waals surface area (Å²) >= 11 is 6.22. The standard InChI is InChI=1S/C23H20ClNO4/c1-13-5-7-15(24)10-18(13)25-17-3-2-4-19(26)23(17)16(11-22(25)27)14-6-8-20-21(9-14)29-12-28-20/h5-10,16H,2-4,11-12H2,1H3. The largest absolute Gasteiger partial charge is 0.454 e. The number of anilines is 1. The number of ether oxygens (including phenoxy) is 2. The zero-order valence-electron chi connectivity index (χ0n) is 16.0. The van der Waals surface area contributed by atoms with Gasteiger partial charge < -0.3 is 9.47 Å². The van der Waals surface area contributed by atoms with Gasteiger partial charge in [0.15, 0.2) is 17.3 Å². The zero-order chi connectivity index (χ0) is 20.1. The third-order valence-electron chi connectivity index (χ3n) is 5.89. The van der Waals surface area contributed by atoms with Crippen molar-refractivity contribution in [3.8, 4) is 11.5 Å². The van der Waals surface area contributed by atoms with E-state index >= 15 is 0 Å². The van der Waals surface area contributed by atoms with E-state index in [1.807, 2.05) is 37.3 Å². The Morgan fingerprint density at radius 3 is 2.72 bits per heavy atom. The van der Waals surface area contributed by atoms with Crippen molar-refractivity contribution in [2.75, 3.05) is 11.7 Å². The number of rotatable bonds is 2. The number of carbonyl (C=O) groups is 2. The Labute approximate surface area is 173 Å². The number of benzene rings is 2. The predicted octanol–water partition coefficient (Wildman–Crippen LogP) is 4.90. The quantitative estimate of drug-likeness (QED) is 0.707. The molecule has 1 unspecified atom stereocenters. The van der Waals surface area contributed by atoms with Crippen molar-refractivity contribution in [1.82, 2.24) is 0 Å². The molecule has 2 heterocycles. The molecule has 0 saturated heterocycles. The summed E-state index contributed by atoms with van der Waals surface area (Å²) in [5, 5.41) is 0.570. The number of halogens is 1. The monoisotopic (exact) mass is 409 g/mol. The molecule has 1 atom stereocenters. The highest BCUT2D eigenvalue weighted by atomic mass is 35.5. The van der Waals surface area contributed by atoms with Gasteiger partial charge in [-0.05, 0) is 55.2 Å². The Morgan fingerprint density at radius 1 is 1.03 bits per heavy atom. The molecule has 6 heteroatoms. The van der Waals surface area contributed by atoms with Crippen molar-refractivity contribution in [3.05, 3.63) is 63.8 Å². The van der Waals surface area contributed by atoms with Gasteiger partial charge in [0.25, 0.3) is 0 Å². The number of ketones is 1. The third kappa shape index (κ3) is 3.01. The SMILES string of the molecule is Cc1ccc(Cl)cc1N1C(=O)CC(c2ccc3c(c2)OCO3)C2=C1CCCC2=O. The summed E-state index contributed by atoms with van der Waals surface area (Å²) in [6, 6.07) is 11.2. The molecule has 2 aromatic carbocycles. The fourth-order valence-corrected chi connectivity index (χ4v) is 4.68. The first-order valence-corrected chi connectivity index (χ1v) is 10.2. The second-order valence-electron chi connectivity index (χ2n) is 7.67. The fourth-order valence-electron chi connectivity index (χ4n) is 4.51. The lowest BCUT2D eigenvalue weighted by Crippen LogP contribution is -2.40. The van der Waals surface area contributed by atoms with Gasteiger partial charge in [0.1, 0.15) is 0 Å². The van der Waals surface area contributed by atoms with Crippen molar-refractivity contribution in [2.45, 2.75) is 38.5 Å². The van der Waals surface area contributed by atoms with Crippen LogP contribution in [0.1, 0.15) is 42.7 Å². The first-order chi connectivity index (χ1) is 14.0. The molecule has 1 amide bonds. The second kappa shape index (κ2) is 6.92. The van der Waals surface area contributed by atoms with Crippen molar-refractivity contribution in [1.29, 1.82) is 0 Å². The Morgan fingerprint density at radius 2 is 1.86 bits per heavy atom. The average molecular weight is 410 g/mol. The van der Waals surface area contributed by atoms with Crippen LogP contribution in [0, 0.1) is 6.92 Å². The molecular formula is C23H20ClNO4. The molecule has 3 aliphatic rings. The highest BCUT2D eigenvalue weighted by Crippen LogP contribution is 2.46. The molecule has 148 valence electrons. The van der Waals surface area contributed by atoms with Crippen molar-refractivity contribution < 1.29 is 19.1 Å². The molecular weight excluding hydrogens is 390 g/mol. The van der Waals surface area contributed by atoms with Crippen LogP contribution in [0.5, 0.6) is 11.5 Å². The molecule has 1 aliphatic carbocycles. The Bertz CT molecular complexity index is 1070. The van der Waals surface area contributed by atoms with E-state index in [-0.39, 0.29) is 30.8 Å². The van der Waals surface area contributed by atoms with E-state index in [2.05, 4.69) is 0 Å². The van der Waals surface area contributed by atoms with Crippen molar-refractivity contribution >= 4 is 29.0 Å². The van der Waals surface area contributed by atoms with Crippen LogP contribution >= 0.6 is 11.6 Å². The van der Waals surface area contributed by atoms with Crippen LogP contribution in [-0.4, -0.2) is 18.5 Å². The molecule has 0 bridgehead atoms. The number of carbonyl (C=O) groups excluding carboxylic acids is 2. The number of hydrogen-bond donors (Lipinski definition) is 0. The molecule has 0 radical (unpaired) electrons. The number of aryl methyl sites for hydroxylation is 1. The van der Waals surface area contributed by atoms with Crippen LogP contribution in [0.4, 0.5) is 5.69 Å². The zero-order valence-corrected chi connectivity index (χ0v) is 16.8. The van der Waals surface area contributed by atoms with E-state index in [0.29, 0.717) is 29.4 Å². The molecule has 0 saturated carbocycles. The number of hydrogen-bond acceptors (Lipinski definition) is 4. The molecule has 2 aromatic rings. The Kier molecular flexibility index (Phi) is 4.36. The lowest BCUT2D eigenvalue weighted by molar-refractivity contribution is -0.119. The molecule has 29 heavy (non-hydrogen) atoms. The minimum absolute atomic E-state index is 0.0218. The van der Waals surface area contributed by atoms with Crippen molar-refractivity contribution in [2.24, 2.45) is 0 Å². The normalized spacial score (nSPS) is 20.9. The second-order valence-corrected chi connectivity index (χ2v) is 8.10. The lowest BCUT2D eigenvalue weighted by atomic mass is 9.77. The summed E-state index contributed by atoms with van der Waals surface area (Å²) in [5.41, 5.74) is 4.18. The third-order valence-corrected chi connectivity index (χ3v) is 6.12. The molecule has 0 aromatic heterocycles. The van der Waals surface area contributed by atoms with E-state index in [4.69, 9.17) is 21.1 Å². The van der Waals surface area contributed by atoms with Crippen LogP contribution in [0.3, 0.4) is 0 Å². The first kappa shape index (κ1) is 18.3. The summed E-state index contributed by atoms with van der Waals surface area (Å²) < 4.78 is 10.9. The highest BCUT2D eigenvalue weighted by molar-refractivity contribution is 6.31. The van der Waals surface area contributed by atoms with Gasteiger partial charge in [-0.1, -0.05) is 23.7 Å². The van der Waals surface area contributed by atoms with E-state index in [9.17, 15) is 9.59 Å². The molecule has 2 aliphatic heterocycles. The van der Waals surface area contributed by atoms with Gasteiger partial charge in [-0.15, -0.1) is 0 Å². The van der Waals surface area contributed by atoms with Gasteiger partial charge in [0.05, 0.1) is 5.69 Å². The van der Waals surface area contributed by atoms with E-state index < -0.39 is 0 Å². The van der Waals surface area contributed by atoms with Gasteiger partial charge in [-0.2, -0.15) is 0 Å². The van der Waals surface area contributed by atoms with Gasteiger partial charge in [0, 0.05) is 35.1 Å². The van der Waals surface area contributed by atoms with Gasteiger partial charge in [-0.25, -0.2) is 0 Å². The molecule has 5 rings (SSSR count). The van der Waals surface area contributed by atoms with E-state index in [0.717, 1.165) is 34.5 Å². The summed E-state index contributed by atoms with van der Waals surface area (Å²) in [6.45, 7) is 2.14. The van der Waals surface area contributed by atoms with Crippen molar-refractivity contribution in [3.63, 3.8) is 0 Å². The van der Waals surface area contributed by atoms with Crippen LogP contribution < -0.4 is 14.4 Å². The van der Waals surface area contributed by atoms with Gasteiger partial charge in [-0.3, -0.25) is 14.5 Å². The molecule has 0 N–H and O–H groups in total. The topological polar surface area (TPSA) is 55.8 Å². The minimum Gasteiger partial charge on any atom is -0.454 e. The maximum absolute atomic E-state index is 13.3. The number of nitrogens with zero attached hydrogens (tertiary/aromatic N) is 1. The molecule has 5 nitrogen and oxygen atoms in total. The van der Waals surface area contributed by atoms with E-state index in [1.54, 1.807) is 11.0 Å². The van der Waals surface area contributed by atoms with Gasteiger partial charge >= 0.3 is 0 Å². The minimum atomic E-state index is -0.268. The molecule has 0 spiro atoms. The lowest BCUT2D eigenvalue weighted by Gasteiger charge is -2.39. The number of amides is 1. The summed E-state index contributed by atoms with van der Waals surface area (Å²) in [7, 11) is 0. The summed E-state index contributed by atoms with van der Waals surface area (Å²) in [6.07, 6.45) is 2.18. The average Bonchev–Trinajstić information content (AvgIpc) is 3.17. The first-order valence-electron chi connectivity index (χ1n) is 9.78. The van der Waals surface area contributed by atoms with Crippen LogP contribution in [0.15, 0.2) is 47.7 Å². The smallest absolute Gasteiger partial charge is 0.232 e. The maximum Gasteiger partial charge on any atom is 0.232 e. The molecule has 0 fully saturated rings.